The molecule has 0 aliphatic carbocycles. The second kappa shape index (κ2) is 7.64. The normalized spacial score (nSPS) is 19.4. The minimum atomic E-state index is -0.0797. The second-order valence-electron chi connectivity index (χ2n) is 5.41. The van der Waals surface area contributed by atoms with Crippen molar-refractivity contribution in [2.45, 2.75) is 31.7 Å². The number of benzene rings is 1. The number of hydrogen-bond donors (Lipinski definition) is 3. The number of halogens is 1. The molecule has 6 heteroatoms. The van der Waals surface area contributed by atoms with Gasteiger partial charge in [-0.25, -0.2) is 0 Å². The number of nitrogens with two attached hydrogens (primary N) is 1. The third-order valence-corrected chi connectivity index (χ3v) is 4.17. The quantitative estimate of drug-likeness (QED) is 0.728. The highest BCUT2D eigenvalue weighted by Crippen LogP contribution is 2.24. The molecule has 1 aliphatic heterocycles. The van der Waals surface area contributed by atoms with Crippen molar-refractivity contribution in [3.8, 4) is 0 Å². The Morgan fingerprint density at radius 1 is 1.48 bits per heavy atom. The maximum atomic E-state index is 12.0. The average Bonchev–Trinajstić information content (AvgIpc) is 2.48. The molecule has 116 valence electrons. The van der Waals surface area contributed by atoms with Gasteiger partial charge in [0.25, 0.3) is 0 Å². The molecule has 0 aromatic heterocycles. The number of nitrogen functional groups attached to an aromatic ring is 1. The Balaban J connectivity index is 1.84. The van der Waals surface area contributed by atoms with Crippen LogP contribution in [0.4, 0.5) is 11.4 Å². The molecule has 0 radical (unpaired) electrons. The Labute approximate surface area is 130 Å². The van der Waals surface area contributed by atoms with E-state index in [1.165, 1.54) is 0 Å². The van der Waals surface area contributed by atoms with E-state index in [0.717, 1.165) is 25.8 Å². The van der Waals surface area contributed by atoms with E-state index in [4.69, 9.17) is 17.3 Å². The van der Waals surface area contributed by atoms with Gasteiger partial charge < -0.3 is 16.2 Å². The van der Waals surface area contributed by atoms with E-state index >= 15 is 0 Å². The number of amides is 1. The maximum Gasteiger partial charge on any atom is 0.225 e. The summed E-state index contributed by atoms with van der Waals surface area (Å²) in [7, 11) is 0. The predicted molar refractivity (Wildman–Crippen MR) is 85.4 cm³/mol. The zero-order chi connectivity index (χ0) is 15.2. The molecule has 2 rings (SSSR count). The zero-order valence-electron chi connectivity index (χ0n) is 12.0. The number of carbonyl (C=O) groups excluding carboxylic acids is 1. The summed E-state index contributed by atoms with van der Waals surface area (Å²) in [5, 5.41) is 12.6. The molecule has 0 spiro atoms. The molecule has 5 nitrogen and oxygen atoms in total. The van der Waals surface area contributed by atoms with Crippen molar-refractivity contribution < 1.29 is 9.90 Å². The molecule has 1 heterocycles. The van der Waals surface area contributed by atoms with E-state index in [-0.39, 0.29) is 18.6 Å². The standard InChI is InChI=1S/C15H22ClN3O2/c16-13-9-11(17)4-5-14(13)18-15(21)6-8-19-7-2-1-3-12(19)10-20/h4-5,9,12,20H,1-3,6-8,10,17H2,(H,18,21). The Morgan fingerprint density at radius 2 is 2.29 bits per heavy atom. The summed E-state index contributed by atoms with van der Waals surface area (Å²) in [5.74, 6) is -0.0797. The third kappa shape index (κ3) is 4.59. The highest BCUT2D eigenvalue weighted by Gasteiger charge is 2.21. The molecule has 1 fully saturated rings. The summed E-state index contributed by atoms with van der Waals surface area (Å²) in [6.07, 6.45) is 3.66. The number of anilines is 2. The van der Waals surface area contributed by atoms with Gasteiger partial charge in [0.05, 0.1) is 17.3 Å². The molecule has 1 aromatic rings. The highest BCUT2D eigenvalue weighted by atomic mass is 35.5. The molecule has 4 N–H and O–H groups in total. The molecule has 1 unspecified atom stereocenters. The van der Waals surface area contributed by atoms with Crippen LogP contribution in [0.3, 0.4) is 0 Å². The minimum Gasteiger partial charge on any atom is -0.399 e. The first-order valence-corrected chi connectivity index (χ1v) is 7.67. The van der Waals surface area contributed by atoms with Gasteiger partial charge in [-0.2, -0.15) is 0 Å². The van der Waals surface area contributed by atoms with Crippen LogP contribution in [0.15, 0.2) is 18.2 Å². The lowest BCUT2D eigenvalue weighted by molar-refractivity contribution is -0.116. The lowest BCUT2D eigenvalue weighted by atomic mass is 10.0. The van der Waals surface area contributed by atoms with Crippen LogP contribution in [-0.2, 0) is 4.79 Å². The number of carbonyl (C=O) groups is 1. The highest BCUT2D eigenvalue weighted by molar-refractivity contribution is 6.34. The third-order valence-electron chi connectivity index (χ3n) is 3.85. The Bertz CT molecular complexity index is 496. The Morgan fingerprint density at radius 3 is 3.00 bits per heavy atom. The van der Waals surface area contributed by atoms with E-state index < -0.39 is 0 Å². The Kier molecular flexibility index (Phi) is 5.85. The number of aliphatic hydroxyl groups is 1. The molecular weight excluding hydrogens is 290 g/mol. The summed E-state index contributed by atoms with van der Waals surface area (Å²) in [4.78, 5) is 14.2. The molecule has 0 saturated carbocycles. The van der Waals surface area contributed by atoms with Crippen molar-refractivity contribution in [3.05, 3.63) is 23.2 Å². The number of nitrogens with zero attached hydrogens (tertiary/aromatic N) is 1. The monoisotopic (exact) mass is 311 g/mol. The van der Waals surface area contributed by atoms with Gasteiger partial charge in [0.2, 0.25) is 5.91 Å². The number of likely N-dealkylation sites (tertiary alicyclic amines) is 1. The summed E-state index contributed by atoms with van der Waals surface area (Å²) < 4.78 is 0. The number of nitrogens with one attached hydrogen (secondary N) is 1. The van der Waals surface area contributed by atoms with Gasteiger partial charge in [-0.15, -0.1) is 0 Å². The smallest absolute Gasteiger partial charge is 0.225 e. The second-order valence-corrected chi connectivity index (χ2v) is 5.81. The lowest BCUT2D eigenvalue weighted by Crippen LogP contribution is -2.43. The van der Waals surface area contributed by atoms with Crippen LogP contribution in [0, 0.1) is 0 Å². The fourth-order valence-electron chi connectivity index (χ4n) is 2.65. The molecular formula is C15H22ClN3O2. The van der Waals surface area contributed by atoms with E-state index in [0.29, 0.717) is 29.4 Å². The van der Waals surface area contributed by atoms with E-state index in [9.17, 15) is 9.90 Å². The van der Waals surface area contributed by atoms with Crippen molar-refractivity contribution >= 4 is 28.9 Å². The number of hydrogen-bond acceptors (Lipinski definition) is 4. The molecule has 1 atom stereocenters. The average molecular weight is 312 g/mol. The van der Waals surface area contributed by atoms with Gasteiger partial charge in [-0.1, -0.05) is 18.0 Å². The van der Waals surface area contributed by atoms with Crippen LogP contribution in [0.2, 0.25) is 5.02 Å². The molecule has 1 aromatic carbocycles. The van der Waals surface area contributed by atoms with E-state index in [1.54, 1.807) is 18.2 Å². The first-order valence-electron chi connectivity index (χ1n) is 7.30. The lowest BCUT2D eigenvalue weighted by Gasteiger charge is -2.34. The fourth-order valence-corrected chi connectivity index (χ4v) is 2.89. The number of rotatable bonds is 5. The van der Waals surface area contributed by atoms with Crippen molar-refractivity contribution in [2.24, 2.45) is 0 Å². The summed E-state index contributed by atoms with van der Waals surface area (Å²) in [6, 6.07) is 5.21. The first-order chi connectivity index (χ1) is 10.1. The molecule has 1 saturated heterocycles. The molecule has 0 bridgehead atoms. The van der Waals surface area contributed by atoms with E-state index in [2.05, 4.69) is 10.2 Å². The summed E-state index contributed by atoms with van der Waals surface area (Å²) in [6.45, 7) is 1.76. The SMILES string of the molecule is Nc1ccc(NC(=O)CCN2CCCCC2CO)c(Cl)c1. The predicted octanol–water partition coefficient (Wildman–Crippen LogP) is 2.10. The first kappa shape index (κ1) is 16.1. The molecule has 21 heavy (non-hydrogen) atoms. The van der Waals surface area contributed by atoms with Crippen LogP contribution >= 0.6 is 11.6 Å². The van der Waals surface area contributed by atoms with Crippen molar-refractivity contribution in [1.82, 2.24) is 4.90 Å². The topological polar surface area (TPSA) is 78.6 Å². The van der Waals surface area contributed by atoms with Gasteiger partial charge in [-0.3, -0.25) is 9.69 Å². The maximum absolute atomic E-state index is 12.0. The van der Waals surface area contributed by atoms with Crippen LogP contribution in [0.5, 0.6) is 0 Å². The van der Waals surface area contributed by atoms with E-state index in [1.807, 2.05) is 0 Å². The number of piperidine rings is 1. The van der Waals surface area contributed by atoms with Gasteiger partial charge in [-0.05, 0) is 37.6 Å². The van der Waals surface area contributed by atoms with Gasteiger partial charge in [0, 0.05) is 24.7 Å². The molecule has 1 aliphatic rings. The minimum absolute atomic E-state index is 0.0797. The van der Waals surface area contributed by atoms with Crippen molar-refractivity contribution in [1.29, 1.82) is 0 Å². The summed E-state index contributed by atoms with van der Waals surface area (Å²) in [5.41, 5.74) is 6.76. The fraction of sp³-hybridized carbons (Fsp3) is 0.533. The van der Waals surface area contributed by atoms with Crippen LogP contribution < -0.4 is 11.1 Å². The van der Waals surface area contributed by atoms with Crippen LogP contribution in [0.1, 0.15) is 25.7 Å². The zero-order valence-corrected chi connectivity index (χ0v) is 12.8. The van der Waals surface area contributed by atoms with Crippen molar-refractivity contribution in [2.75, 3.05) is 30.7 Å². The van der Waals surface area contributed by atoms with Gasteiger partial charge in [0.1, 0.15) is 0 Å². The Hall–Kier alpha value is -1.30. The van der Waals surface area contributed by atoms with Gasteiger partial charge in [0.15, 0.2) is 0 Å². The van der Waals surface area contributed by atoms with Gasteiger partial charge >= 0.3 is 0 Å². The van der Waals surface area contributed by atoms with Crippen LogP contribution in [0.25, 0.3) is 0 Å². The number of aliphatic hydroxyl groups excluding tert-OH is 1. The largest absolute Gasteiger partial charge is 0.399 e. The van der Waals surface area contributed by atoms with Crippen LogP contribution in [-0.4, -0.2) is 41.7 Å². The van der Waals surface area contributed by atoms with Crippen molar-refractivity contribution in [3.63, 3.8) is 0 Å². The summed E-state index contributed by atoms with van der Waals surface area (Å²) >= 11 is 6.03. The molecule has 1 amide bonds.